The van der Waals surface area contributed by atoms with Crippen LogP contribution in [-0.4, -0.2) is 45.7 Å². The topological polar surface area (TPSA) is 63.9 Å². The molecule has 0 spiro atoms. The first kappa shape index (κ1) is 23.9. The van der Waals surface area contributed by atoms with E-state index in [9.17, 15) is 9.59 Å². The summed E-state index contributed by atoms with van der Waals surface area (Å²) in [6.07, 6.45) is 1.96. The van der Waals surface area contributed by atoms with Crippen molar-refractivity contribution in [1.29, 1.82) is 0 Å². The number of carbonyl (C=O) groups is 2. The summed E-state index contributed by atoms with van der Waals surface area (Å²) in [5, 5.41) is 0.759. The van der Waals surface area contributed by atoms with Gasteiger partial charge in [0.25, 0.3) is 5.91 Å². The number of ether oxygens (including phenoxy) is 1. The SMILES string of the molecule is COC(=O)c1ccc(-n2c(C)cc(/C=C3/SC(=NC(C)C)N(C(C)C)C3=O)c2C)c(C)c1. The molecular weight excluding hydrogens is 422 g/mol. The Bertz CT molecular complexity index is 1130. The highest BCUT2D eigenvalue weighted by Crippen LogP contribution is 2.35. The van der Waals surface area contributed by atoms with Crippen LogP contribution in [0.3, 0.4) is 0 Å². The standard InChI is InChI=1S/C25H31N3O3S/c1-14(2)26-25-27(15(3)4)23(29)22(32-25)13-20-12-17(6)28(18(20)7)21-10-9-19(11-16(21)5)24(30)31-8/h9-15H,1-8H3/b22-13+,26-25?. The van der Waals surface area contributed by atoms with Crippen molar-refractivity contribution in [3.8, 4) is 5.69 Å². The molecule has 1 aliphatic rings. The van der Waals surface area contributed by atoms with Gasteiger partial charge in [-0.15, -0.1) is 0 Å². The van der Waals surface area contributed by atoms with Gasteiger partial charge >= 0.3 is 5.97 Å². The third-order valence-corrected chi connectivity index (χ3v) is 6.33. The van der Waals surface area contributed by atoms with E-state index in [2.05, 4.69) is 15.6 Å². The predicted octanol–water partition coefficient (Wildman–Crippen LogP) is 5.28. The zero-order valence-corrected chi connectivity index (χ0v) is 20.8. The van der Waals surface area contributed by atoms with E-state index in [-0.39, 0.29) is 24.0 Å². The average Bonchev–Trinajstić information content (AvgIpc) is 3.16. The molecule has 1 aliphatic heterocycles. The van der Waals surface area contributed by atoms with Gasteiger partial charge in [0.2, 0.25) is 0 Å². The first-order chi connectivity index (χ1) is 15.0. The molecule has 1 fully saturated rings. The lowest BCUT2D eigenvalue weighted by molar-refractivity contribution is -0.123. The molecule has 1 aromatic carbocycles. The van der Waals surface area contributed by atoms with Crippen molar-refractivity contribution in [3.05, 3.63) is 57.2 Å². The Kier molecular flexibility index (Phi) is 6.98. The average molecular weight is 454 g/mol. The molecule has 0 aliphatic carbocycles. The molecule has 3 rings (SSSR count). The molecule has 32 heavy (non-hydrogen) atoms. The van der Waals surface area contributed by atoms with Gasteiger partial charge in [-0.1, -0.05) is 0 Å². The highest BCUT2D eigenvalue weighted by atomic mass is 32.2. The van der Waals surface area contributed by atoms with Gasteiger partial charge in [-0.25, -0.2) is 4.79 Å². The first-order valence-electron chi connectivity index (χ1n) is 10.7. The number of amidine groups is 1. The van der Waals surface area contributed by atoms with Crippen molar-refractivity contribution in [2.24, 2.45) is 4.99 Å². The molecule has 6 nitrogen and oxygen atoms in total. The van der Waals surface area contributed by atoms with Crippen molar-refractivity contribution in [1.82, 2.24) is 9.47 Å². The van der Waals surface area contributed by atoms with Crippen LogP contribution in [0.5, 0.6) is 0 Å². The largest absolute Gasteiger partial charge is 0.465 e. The third-order valence-electron chi connectivity index (χ3n) is 5.34. The van der Waals surface area contributed by atoms with Gasteiger partial charge in [-0.3, -0.25) is 14.7 Å². The number of hydrogen-bond donors (Lipinski definition) is 0. The highest BCUT2D eigenvalue weighted by Gasteiger charge is 2.35. The Morgan fingerprint density at radius 1 is 1.12 bits per heavy atom. The quantitative estimate of drug-likeness (QED) is 0.456. The van der Waals surface area contributed by atoms with E-state index in [0.29, 0.717) is 10.5 Å². The van der Waals surface area contributed by atoms with Gasteiger partial charge < -0.3 is 9.30 Å². The summed E-state index contributed by atoms with van der Waals surface area (Å²) in [4.78, 5) is 32.1. The van der Waals surface area contributed by atoms with E-state index in [4.69, 9.17) is 4.74 Å². The molecule has 0 atom stereocenters. The molecule has 7 heteroatoms. The molecule has 2 aromatic rings. The van der Waals surface area contributed by atoms with Crippen molar-refractivity contribution in [3.63, 3.8) is 0 Å². The molecule has 1 saturated heterocycles. The molecule has 0 radical (unpaired) electrons. The van der Waals surface area contributed by atoms with Gasteiger partial charge in [-0.2, -0.15) is 0 Å². The van der Waals surface area contributed by atoms with Crippen LogP contribution in [0.1, 0.15) is 60.6 Å². The molecule has 170 valence electrons. The maximum Gasteiger partial charge on any atom is 0.337 e. The summed E-state index contributed by atoms with van der Waals surface area (Å²) in [5.41, 5.74) is 5.56. The molecule has 2 heterocycles. The lowest BCUT2D eigenvalue weighted by Crippen LogP contribution is -2.35. The number of carbonyl (C=O) groups excluding carboxylic acids is 2. The molecular formula is C25H31N3O3S. The Morgan fingerprint density at radius 3 is 2.38 bits per heavy atom. The fraction of sp³-hybridized carbons (Fsp3) is 0.400. The molecule has 1 amide bonds. The highest BCUT2D eigenvalue weighted by molar-refractivity contribution is 8.18. The van der Waals surface area contributed by atoms with Gasteiger partial charge in [0.15, 0.2) is 5.17 Å². The van der Waals surface area contributed by atoms with Crippen molar-refractivity contribution in [2.75, 3.05) is 7.11 Å². The van der Waals surface area contributed by atoms with E-state index in [1.165, 1.54) is 18.9 Å². The number of rotatable bonds is 5. The van der Waals surface area contributed by atoms with Crippen molar-refractivity contribution >= 4 is 34.9 Å². The number of methoxy groups -OCH3 is 1. The van der Waals surface area contributed by atoms with Crippen LogP contribution >= 0.6 is 11.8 Å². The minimum Gasteiger partial charge on any atom is -0.465 e. The summed E-state index contributed by atoms with van der Waals surface area (Å²) in [6.45, 7) is 14.1. The smallest absolute Gasteiger partial charge is 0.337 e. The number of thioether (sulfide) groups is 1. The zero-order valence-electron chi connectivity index (χ0n) is 20.0. The monoisotopic (exact) mass is 453 g/mol. The number of aryl methyl sites for hydroxylation is 2. The van der Waals surface area contributed by atoms with Crippen LogP contribution in [0.15, 0.2) is 34.2 Å². The van der Waals surface area contributed by atoms with Crippen LogP contribution in [0.2, 0.25) is 0 Å². The Morgan fingerprint density at radius 2 is 1.81 bits per heavy atom. The fourth-order valence-corrected chi connectivity index (χ4v) is 5.07. The summed E-state index contributed by atoms with van der Waals surface area (Å²) >= 11 is 1.44. The normalized spacial score (nSPS) is 16.8. The first-order valence-corrected chi connectivity index (χ1v) is 11.6. The maximum absolute atomic E-state index is 13.1. The third kappa shape index (κ3) is 4.53. The van der Waals surface area contributed by atoms with Crippen molar-refractivity contribution < 1.29 is 14.3 Å². The summed E-state index contributed by atoms with van der Waals surface area (Å²) in [6, 6.07) is 7.79. The van der Waals surface area contributed by atoms with Gasteiger partial charge in [0, 0.05) is 29.2 Å². The molecule has 0 unspecified atom stereocenters. The minimum absolute atomic E-state index is 0.00665. The second-order valence-electron chi connectivity index (χ2n) is 8.54. The van der Waals surface area contributed by atoms with Crippen molar-refractivity contribution in [2.45, 2.75) is 60.5 Å². The number of esters is 1. The lowest BCUT2D eigenvalue weighted by atomic mass is 10.1. The number of nitrogens with zero attached hydrogens (tertiary/aromatic N) is 3. The Balaban J connectivity index is 2.03. The Hall–Kier alpha value is -2.80. The number of aromatic nitrogens is 1. The summed E-state index contributed by atoms with van der Waals surface area (Å²) in [5.74, 6) is -0.357. The lowest BCUT2D eigenvalue weighted by Gasteiger charge is -2.20. The number of hydrogen-bond acceptors (Lipinski definition) is 5. The molecule has 0 saturated carbocycles. The second kappa shape index (κ2) is 9.36. The van der Waals surface area contributed by atoms with Crippen LogP contribution in [0.4, 0.5) is 0 Å². The zero-order chi connectivity index (χ0) is 23.7. The predicted molar refractivity (Wildman–Crippen MR) is 131 cm³/mol. The second-order valence-corrected chi connectivity index (χ2v) is 9.55. The fourth-order valence-electron chi connectivity index (χ4n) is 3.85. The molecule has 0 bridgehead atoms. The van der Waals surface area contributed by atoms with Gasteiger partial charge in [0.1, 0.15) is 0 Å². The number of benzene rings is 1. The van der Waals surface area contributed by atoms with Crippen LogP contribution in [0, 0.1) is 20.8 Å². The van der Waals surface area contributed by atoms with Crippen LogP contribution < -0.4 is 0 Å². The van der Waals surface area contributed by atoms with E-state index in [1.54, 1.807) is 11.0 Å². The van der Waals surface area contributed by atoms with E-state index in [1.807, 2.05) is 66.7 Å². The van der Waals surface area contributed by atoms with Gasteiger partial charge in [0.05, 0.1) is 17.6 Å². The van der Waals surface area contributed by atoms with Gasteiger partial charge in [-0.05, 0) is 102 Å². The molecule has 0 N–H and O–H groups in total. The van der Waals surface area contributed by atoms with E-state index < -0.39 is 0 Å². The summed E-state index contributed by atoms with van der Waals surface area (Å²) in [7, 11) is 1.38. The van der Waals surface area contributed by atoms with Crippen LogP contribution in [0.25, 0.3) is 11.8 Å². The van der Waals surface area contributed by atoms with E-state index in [0.717, 1.165) is 33.4 Å². The summed E-state index contributed by atoms with van der Waals surface area (Å²) < 4.78 is 6.98. The maximum atomic E-state index is 13.1. The molecule has 1 aromatic heterocycles. The minimum atomic E-state index is -0.351. The van der Waals surface area contributed by atoms with Crippen LogP contribution in [-0.2, 0) is 9.53 Å². The Labute approximate surface area is 194 Å². The number of amides is 1. The number of aliphatic imine (C=N–C) groups is 1. The van der Waals surface area contributed by atoms with E-state index >= 15 is 0 Å².